The third kappa shape index (κ3) is 5.30. The van der Waals surface area contributed by atoms with Crippen LogP contribution in [-0.4, -0.2) is 19.9 Å². The number of nitrogen functional groups attached to an aromatic ring is 1. The van der Waals surface area contributed by atoms with Gasteiger partial charge in [-0.2, -0.15) is 0 Å². The summed E-state index contributed by atoms with van der Waals surface area (Å²) >= 11 is 6.35. The summed E-state index contributed by atoms with van der Waals surface area (Å²) in [5, 5.41) is 1.92. The van der Waals surface area contributed by atoms with Crippen LogP contribution in [-0.2, 0) is 16.6 Å². The predicted molar refractivity (Wildman–Crippen MR) is 94.2 cm³/mol. The van der Waals surface area contributed by atoms with Crippen LogP contribution in [0.2, 0.25) is 0 Å². The number of rotatable bonds is 7. The topological polar surface area (TPSA) is 72.2 Å². The van der Waals surface area contributed by atoms with Gasteiger partial charge in [0.25, 0.3) is 0 Å². The number of sulfonamides is 1. The lowest BCUT2D eigenvalue weighted by atomic mass is 10.3. The monoisotopic (exact) mass is 406 g/mol. The van der Waals surface area contributed by atoms with Gasteiger partial charge in [0, 0.05) is 32.2 Å². The summed E-state index contributed by atoms with van der Waals surface area (Å²) in [5.74, 6) is 0.532. The van der Waals surface area contributed by atoms with E-state index >= 15 is 0 Å². The molecule has 0 bridgehead atoms. The van der Waals surface area contributed by atoms with Crippen molar-refractivity contribution in [3.63, 3.8) is 0 Å². The van der Waals surface area contributed by atoms with E-state index in [2.05, 4.69) is 20.7 Å². The van der Waals surface area contributed by atoms with E-state index in [1.54, 1.807) is 0 Å². The van der Waals surface area contributed by atoms with Crippen molar-refractivity contribution < 1.29 is 8.42 Å². The van der Waals surface area contributed by atoms with Gasteiger partial charge in [0.1, 0.15) is 0 Å². The van der Waals surface area contributed by atoms with Gasteiger partial charge in [-0.25, -0.2) is 13.1 Å². The van der Waals surface area contributed by atoms with Crippen molar-refractivity contribution in [2.75, 3.05) is 17.2 Å². The molecule has 3 N–H and O–H groups in total. The number of benzene rings is 1. The Morgan fingerprint density at radius 3 is 2.71 bits per heavy atom. The van der Waals surface area contributed by atoms with Crippen LogP contribution in [0.5, 0.6) is 0 Å². The van der Waals surface area contributed by atoms with Crippen LogP contribution >= 0.6 is 39.0 Å². The third-order valence-electron chi connectivity index (χ3n) is 2.67. The minimum absolute atomic E-state index is 0.0645. The maximum absolute atomic E-state index is 11.9. The minimum atomic E-state index is -3.28. The first-order valence-corrected chi connectivity index (χ1v) is 10.5. The molecule has 0 saturated carbocycles. The SMILES string of the molecule is Nc1ccccc1SCCS(=O)(=O)NCc1sccc1Br. The predicted octanol–water partition coefficient (Wildman–Crippen LogP) is 3.30. The van der Waals surface area contributed by atoms with Gasteiger partial charge in [0.2, 0.25) is 10.0 Å². The third-order valence-corrected chi connectivity index (χ3v) is 7.27. The van der Waals surface area contributed by atoms with E-state index in [1.807, 2.05) is 35.7 Å². The number of thiophene rings is 1. The Morgan fingerprint density at radius 2 is 2.05 bits per heavy atom. The highest BCUT2D eigenvalue weighted by Crippen LogP contribution is 2.25. The van der Waals surface area contributed by atoms with E-state index in [1.165, 1.54) is 23.1 Å². The van der Waals surface area contributed by atoms with Crippen molar-refractivity contribution in [1.29, 1.82) is 0 Å². The largest absolute Gasteiger partial charge is 0.398 e. The average Bonchev–Trinajstić information content (AvgIpc) is 2.84. The summed E-state index contributed by atoms with van der Waals surface area (Å²) < 4.78 is 27.4. The fraction of sp³-hybridized carbons (Fsp3) is 0.231. The Labute approximate surface area is 141 Å². The fourth-order valence-corrected chi connectivity index (χ4v) is 5.44. The zero-order valence-corrected chi connectivity index (χ0v) is 15.1. The summed E-state index contributed by atoms with van der Waals surface area (Å²) in [4.78, 5) is 1.88. The fourth-order valence-electron chi connectivity index (χ4n) is 1.57. The Kier molecular flexibility index (Phi) is 6.12. The summed E-state index contributed by atoms with van der Waals surface area (Å²) in [5.41, 5.74) is 6.50. The lowest BCUT2D eigenvalue weighted by Gasteiger charge is -2.07. The molecule has 0 aliphatic rings. The molecule has 0 fully saturated rings. The van der Waals surface area contributed by atoms with Crippen molar-refractivity contribution in [1.82, 2.24) is 4.72 Å². The summed E-state index contributed by atoms with van der Waals surface area (Å²) in [6.07, 6.45) is 0. The van der Waals surface area contributed by atoms with E-state index in [4.69, 9.17) is 5.73 Å². The van der Waals surface area contributed by atoms with Gasteiger partial charge in [0.05, 0.1) is 5.75 Å². The number of hydrogen-bond acceptors (Lipinski definition) is 5. The van der Waals surface area contributed by atoms with Crippen LogP contribution in [0.3, 0.4) is 0 Å². The lowest BCUT2D eigenvalue weighted by molar-refractivity contribution is 0.583. The Morgan fingerprint density at radius 1 is 1.29 bits per heavy atom. The van der Waals surface area contributed by atoms with Crippen LogP contribution in [0.25, 0.3) is 0 Å². The first kappa shape index (κ1) is 16.8. The first-order chi connectivity index (χ1) is 9.98. The van der Waals surface area contributed by atoms with Crippen LogP contribution in [0, 0.1) is 0 Å². The van der Waals surface area contributed by atoms with Crippen molar-refractivity contribution in [2.24, 2.45) is 0 Å². The highest BCUT2D eigenvalue weighted by molar-refractivity contribution is 9.10. The van der Waals surface area contributed by atoms with Crippen LogP contribution in [0.1, 0.15) is 4.88 Å². The molecule has 1 aromatic heterocycles. The molecule has 0 atom stereocenters. The number of para-hydroxylation sites is 1. The molecule has 0 spiro atoms. The highest BCUT2D eigenvalue weighted by atomic mass is 79.9. The molecule has 114 valence electrons. The molecule has 2 rings (SSSR count). The average molecular weight is 407 g/mol. The molecule has 0 amide bonds. The van der Waals surface area contributed by atoms with Crippen molar-refractivity contribution in [2.45, 2.75) is 11.4 Å². The molecule has 8 heteroatoms. The van der Waals surface area contributed by atoms with Crippen molar-refractivity contribution >= 4 is 54.7 Å². The second-order valence-corrected chi connectivity index (χ2v) is 9.14. The van der Waals surface area contributed by atoms with E-state index in [0.717, 1.165) is 14.2 Å². The second kappa shape index (κ2) is 7.64. The van der Waals surface area contributed by atoms with Gasteiger partial charge < -0.3 is 5.73 Å². The molecule has 0 saturated heterocycles. The summed E-state index contributed by atoms with van der Waals surface area (Å²) in [7, 11) is -3.28. The Balaban J connectivity index is 1.82. The molecule has 2 aromatic rings. The Bertz CT molecular complexity index is 701. The molecule has 1 aromatic carbocycles. The Hall–Kier alpha value is -0.540. The molecule has 0 radical (unpaired) electrons. The number of anilines is 1. The second-order valence-electron chi connectivity index (χ2n) is 4.22. The molecular weight excluding hydrogens is 392 g/mol. The molecule has 0 aliphatic carbocycles. The van der Waals surface area contributed by atoms with Gasteiger partial charge >= 0.3 is 0 Å². The summed E-state index contributed by atoms with van der Waals surface area (Å²) in [6, 6.07) is 9.35. The summed E-state index contributed by atoms with van der Waals surface area (Å²) in [6.45, 7) is 0.318. The van der Waals surface area contributed by atoms with Crippen molar-refractivity contribution in [3.8, 4) is 0 Å². The molecule has 21 heavy (non-hydrogen) atoms. The number of nitrogens with two attached hydrogens (primary N) is 1. The first-order valence-electron chi connectivity index (χ1n) is 6.14. The molecule has 1 heterocycles. The van der Waals surface area contributed by atoms with Crippen molar-refractivity contribution in [3.05, 3.63) is 45.1 Å². The van der Waals surface area contributed by atoms with Crippen LogP contribution < -0.4 is 10.5 Å². The quantitative estimate of drug-likeness (QED) is 0.546. The zero-order valence-electron chi connectivity index (χ0n) is 11.1. The minimum Gasteiger partial charge on any atom is -0.398 e. The number of thioether (sulfide) groups is 1. The van der Waals surface area contributed by atoms with E-state index in [0.29, 0.717) is 18.0 Å². The van der Waals surface area contributed by atoms with E-state index < -0.39 is 10.0 Å². The van der Waals surface area contributed by atoms with Gasteiger partial charge in [-0.3, -0.25) is 0 Å². The van der Waals surface area contributed by atoms with Gasteiger partial charge in [-0.15, -0.1) is 23.1 Å². The van der Waals surface area contributed by atoms with Gasteiger partial charge in [-0.1, -0.05) is 12.1 Å². The van der Waals surface area contributed by atoms with E-state index in [-0.39, 0.29) is 5.75 Å². The molecular formula is C13H15BrN2O2S3. The normalized spacial score (nSPS) is 11.7. The molecule has 0 aliphatic heterocycles. The number of hydrogen-bond donors (Lipinski definition) is 2. The highest BCUT2D eigenvalue weighted by Gasteiger charge is 2.12. The van der Waals surface area contributed by atoms with Crippen LogP contribution in [0.4, 0.5) is 5.69 Å². The van der Waals surface area contributed by atoms with E-state index in [9.17, 15) is 8.42 Å². The number of halogens is 1. The van der Waals surface area contributed by atoms with Crippen LogP contribution in [0.15, 0.2) is 45.1 Å². The van der Waals surface area contributed by atoms with Gasteiger partial charge in [-0.05, 0) is 39.5 Å². The smallest absolute Gasteiger partial charge is 0.212 e. The lowest BCUT2D eigenvalue weighted by Crippen LogP contribution is -2.26. The number of nitrogens with one attached hydrogen (secondary N) is 1. The van der Waals surface area contributed by atoms with Gasteiger partial charge in [0.15, 0.2) is 0 Å². The maximum atomic E-state index is 11.9. The zero-order chi connectivity index (χ0) is 15.3. The maximum Gasteiger partial charge on any atom is 0.212 e. The molecule has 0 unspecified atom stereocenters. The standard InChI is InChI=1S/C13H15BrN2O2S3/c14-10-5-6-19-13(10)9-16-21(17,18)8-7-20-12-4-2-1-3-11(12)15/h1-6,16H,7-9,15H2. The molecule has 4 nitrogen and oxygen atoms in total.